The van der Waals surface area contributed by atoms with E-state index in [-0.39, 0.29) is 42.4 Å². The molecule has 5 nitrogen and oxygen atoms in total. The quantitative estimate of drug-likeness (QED) is 0.752. The fraction of sp³-hybridized carbons (Fsp3) is 0.846. The number of amides is 1. The molecule has 4 aliphatic rings. The number of nitrogens with one attached hydrogen (secondary N) is 1. The Hall–Kier alpha value is -1.15. The van der Waals surface area contributed by atoms with E-state index < -0.39 is 12.5 Å². The van der Waals surface area contributed by atoms with E-state index in [9.17, 15) is 22.8 Å². The third kappa shape index (κ3) is 2.91. The van der Waals surface area contributed by atoms with Crippen LogP contribution >= 0.6 is 0 Å². The molecular weight excluding hydrogens is 291 g/mol. The Morgan fingerprint density at radius 3 is 2.38 bits per heavy atom. The minimum absolute atomic E-state index is 0.145. The topological polar surface area (TPSA) is 64.6 Å². The van der Waals surface area contributed by atoms with Crippen molar-refractivity contribution < 1.29 is 32.2 Å². The second-order valence-electron chi connectivity index (χ2n) is 6.43. The van der Waals surface area contributed by atoms with Crippen LogP contribution in [-0.4, -0.2) is 42.9 Å². The zero-order valence-corrected chi connectivity index (χ0v) is 11.2. The van der Waals surface area contributed by atoms with E-state index in [4.69, 9.17) is 4.74 Å². The summed E-state index contributed by atoms with van der Waals surface area (Å²) in [5.74, 6) is -0.283. The monoisotopic (exact) mass is 307 g/mol. The Labute approximate surface area is 119 Å². The van der Waals surface area contributed by atoms with Gasteiger partial charge in [-0.1, -0.05) is 0 Å². The van der Waals surface area contributed by atoms with Crippen molar-refractivity contribution in [1.82, 2.24) is 5.32 Å². The fourth-order valence-corrected chi connectivity index (χ4v) is 3.59. The molecule has 4 rings (SSSR count). The lowest BCUT2D eigenvalue weighted by Crippen LogP contribution is -2.75. The van der Waals surface area contributed by atoms with Gasteiger partial charge in [-0.15, -0.1) is 13.2 Å². The fourth-order valence-electron chi connectivity index (χ4n) is 3.59. The lowest BCUT2D eigenvalue weighted by Gasteiger charge is -2.68. The van der Waals surface area contributed by atoms with E-state index in [1.54, 1.807) is 0 Å². The van der Waals surface area contributed by atoms with Gasteiger partial charge in [0.15, 0.2) is 0 Å². The van der Waals surface area contributed by atoms with Crippen LogP contribution in [0.15, 0.2) is 0 Å². The molecule has 2 bridgehead atoms. The maximum absolute atomic E-state index is 11.9. The smallest absolute Gasteiger partial charge is 0.368 e. The molecule has 0 atom stereocenters. The molecule has 0 radical (unpaired) electrons. The number of hydrogen-bond donors (Lipinski definition) is 1. The van der Waals surface area contributed by atoms with E-state index in [1.165, 1.54) is 0 Å². The summed E-state index contributed by atoms with van der Waals surface area (Å²) in [7, 11) is 0. The summed E-state index contributed by atoms with van der Waals surface area (Å²) < 4.78 is 44.8. The molecule has 1 N–H and O–H groups in total. The number of aldehydes is 1. The predicted molar refractivity (Wildman–Crippen MR) is 63.1 cm³/mol. The van der Waals surface area contributed by atoms with Gasteiger partial charge in [-0.25, -0.2) is 0 Å². The van der Waals surface area contributed by atoms with E-state index >= 15 is 0 Å². The lowest BCUT2D eigenvalue weighted by atomic mass is 9.40. The average Bonchev–Trinajstić information content (AvgIpc) is 2.22. The first kappa shape index (κ1) is 14.8. The number of hydrogen-bond acceptors (Lipinski definition) is 4. The zero-order valence-electron chi connectivity index (χ0n) is 11.2. The summed E-state index contributed by atoms with van der Waals surface area (Å²) in [5, 5.41) is 2.84. The predicted octanol–water partition coefficient (Wildman–Crippen LogP) is 1.31. The molecule has 1 amide bonds. The zero-order chi connectivity index (χ0) is 15.3. The average molecular weight is 307 g/mol. The number of ether oxygens (including phenoxy) is 2. The first-order valence-electron chi connectivity index (χ1n) is 6.87. The molecule has 8 heteroatoms. The third-order valence-corrected chi connectivity index (χ3v) is 4.53. The van der Waals surface area contributed by atoms with Crippen LogP contribution in [0, 0.1) is 5.41 Å². The molecule has 0 saturated heterocycles. The highest BCUT2D eigenvalue weighted by Gasteiger charge is 2.68. The van der Waals surface area contributed by atoms with Crippen LogP contribution in [0.1, 0.15) is 32.1 Å². The van der Waals surface area contributed by atoms with Gasteiger partial charge < -0.3 is 14.8 Å². The van der Waals surface area contributed by atoms with Crippen molar-refractivity contribution in [2.75, 3.05) is 6.61 Å². The molecule has 4 aliphatic carbocycles. The van der Waals surface area contributed by atoms with Crippen LogP contribution in [0.2, 0.25) is 0 Å². The van der Waals surface area contributed by atoms with Crippen molar-refractivity contribution in [3.05, 3.63) is 0 Å². The third-order valence-electron chi connectivity index (χ3n) is 4.53. The van der Waals surface area contributed by atoms with Gasteiger partial charge in [-0.05, 0) is 19.3 Å². The normalized spacial score (nSPS) is 40.5. The van der Waals surface area contributed by atoms with Crippen LogP contribution in [0.4, 0.5) is 13.2 Å². The molecule has 4 fully saturated rings. The summed E-state index contributed by atoms with van der Waals surface area (Å²) in [5.41, 5.74) is -0.465. The Balaban J connectivity index is 1.29. The molecule has 21 heavy (non-hydrogen) atoms. The highest BCUT2D eigenvalue weighted by molar-refractivity contribution is 5.80. The number of alkyl halides is 3. The minimum Gasteiger partial charge on any atom is -0.368 e. The van der Waals surface area contributed by atoms with E-state index in [0.29, 0.717) is 19.3 Å². The highest BCUT2D eigenvalue weighted by Crippen LogP contribution is 2.65. The van der Waals surface area contributed by atoms with Gasteiger partial charge in [-0.3, -0.25) is 9.53 Å². The molecule has 0 unspecified atom stereocenters. The van der Waals surface area contributed by atoms with Crippen molar-refractivity contribution in [3.63, 3.8) is 0 Å². The number of halogens is 3. The molecule has 0 aliphatic heterocycles. The Bertz CT molecular complexity index is 439. The van der Waals surface area contributed by atoms with Crippen LogP contribution < -0.4 is 5.32 Å². The molecule has 118 valence electrons. The van der Waals surface area contributed by atoms with Crippen LogP contribution in [0.5, 0.6) is 0 Å². The second-order valence-corrected chi connectivity index (χ2v) is 6.43. The Kier molecular flexibility index (Phi) is 3.29. The number of carbonyl (C=O) groups excluding carboxylic acids is 2. The van der Waals surface area contributed by atoms with Crippen LogP contribution in [0.3, 0.4) is 0 Å². The van der Waals surface area contributed by atoms with Crippen LogP contribution in [0.25, 0.3) is 0 Å². The van der Waals surface area contributed by atoms with Gasteiger partial charge in [0.1, 0.15) is 12.9 Å². The first-order valence-corrected chi connectivity index (χ1v) is 6.87. The SMILES string of the molecule is O=CC12CC(NC(=O)COC3CC(OC(F)(F)F)C3)(C1)C2. The molecular formula is C13H16F3NO4. The second kappa shape index (κ2) is 4.67. The lowest BCUT2D eigenvalue weighted by molar-refractivity contribution is -0.357. The summed E-state index contributed by atoms with van der Waals surface area (Å²) in [4.78, 5) is 22.4. The van der Waals surface area contributed by atoms with Gasteiger partial charge in [0, 0.05) is 23.8 Å². The molecule has 0 aromatic heterocycles. The van der Waals surface area contributed by atoms with Gasteiger partial charge in [0.2, 0.25) is 5.91 Å². The van der Waals surface area contributed by atoms with Crippen molar-refractivity contribution in [2.24, 2.45) is 5.41 Å². The van der Waals surface area contributed by atoms with Gasteiger partial charge >= 0.3 is 6.36 Å². The minimum atomic E-state index is -4.62. The van der Waals surface area contributed by atoms with Gasteiger partial charge in [0.05, 0.1) is 12.2 Å². The van der Waals surface area contributed by atoms with Crippen molar-refractivity contribution in [1.29, 1.82) is 0 Å². The largest absolute Gasteiger partial charge is 0.522 e. The molecule has 0 spiro atoms. The van der Waals surface area contributed by atoms with Crippen LogP contribution in [-0.2, 0) is 19.1 Å². The standard InChI is InChI=1S/C13H16F3NO4/c14-13(15,16)21-9-1-8(2-9)20-3-10(19)17-12-4-11(5-12,6-12)7-18/h7-9H,1-6H2,(H,17,19). The molecule has 0 aromatic rings. The molecule has 4 saturated carbocycles. The summed E-state index contributed by atoms with van der Waals surface area (Å²) in [6.07, 6.45) is -2.57. The maximum atomic E-state index is 11.9. The Morgan fingerprint density at radius 2 is 1.86 bits per heavy atom. The summed E-state index contributed by atoms with van der Waals surface area (Å²) in [6, 6.07) is 0. The van der Waals surface area contributed by atoms with Gasteiger partial charge in [0.25, 0.3) is 0 Å². The number of carbonyl (C=O) groups is 2. The molecule has 0 aromatic carbocycles. The van der Waals surface area contributed by atoms with E-state index in [0.717, 1.165) is 6.29 Å². The number of rotatable bonds is 6. The van der Waals surface area contributed by atoms with Crippen molar-refractivity contribution in [2.45, 2.75) is 56.2 Å². The van der Waals surface area contributed by atoms with E-state index in [1.807, 2.05) is 0 Å². The highest BCUT2D eigenvalue weighted by atomic mass is 19.4. The van der Waals surface area contributed by atoms with E-state index in [2.05, 4.69) is 10.1 Å². The molecule has 0 heterocycles. The van der Waals surface area contributed by atoms with Crippen molar-refractivity contribution in [3.8, 4) is 0 Å². The van der Waals surface area contributed by atoms with Gasteiger partial charge in [-0.2, -0.15) is 0 Å². The maximum Gasteiger partial charge on any atom is 0.522 e. The summed E-state index contributed by atoms with van der Waals surface area (Å²) >= 11 is 0. The Morgan fingerprint density at radius 1 is 1.24 bits per heavy atom. The summed E-state index contributed by atoms with van der Waals surface area (Å²) in [6.45, 7) is -0.167. The first-order chi connectivity index (χ1) is 9.73. The van der Waals surface area contributed by atoms with Crippen molar-refractivity contribution >= 4 is 12.2 Å².